The molecule has 208 valence electrons. The van der Waals surface area contributed by atoms with Crippen molar-refractivity contribution in [1.82, 2.24) is 0 Å². The average molecular weight is 554 g/mol. The van der Waals surface area contributed by atoms with Gasteiger partial charge >= 0.3 is 0 Å². The molecule has 6 aromatic carbocycles. The molecule has 0 heterocycles. The van der Waals surface area contributed by atoms with Gasteiger partial charge in [0, 0.05) is 5.69 Å². The first-order valence-electron chi connectivity index (χ1n) is 15.5. The van der Waals surface area contributed by atoms with Gasteiger partial charge in [-0.15, -0.1) is 0 Å². The summed E-state index contributed by atoms with van der Waals surface area (Å²) in [6.45, 7) is 2.17. The van der Waals surface area contributed by atoms with Crippen LogP contribution in [0.4, 0.5) is 5.69 Å². The summed E-state index contributed by atoms with van der Waals surface area (Å²) in [7, 11) is 0. The predicted octanol–water partition coefficient (Wildman–Crippen LogP) is 10.4. The first-order chi connectivity index (χ1) is 21.2. The van der Waals surface area contributed by atoms with Crippen molar-refractivity contribution in [2.75, 3.05) is 5.73 Å². The molecule has 0 saturated heterocycles. The zero-order valence-electron chi connectivity index (χ0n) is 24.7. The van der Waals surface area contributed by atoms with Gasteiger partial charge in [-0.25, -0.2) is 0 Å². The van der Waals surface area contributed by atoms with Crippen molar-refractivity contribution in [3.63, 3.8) is 0 Å². The molecule has 6 aromatic rings. The molecule has 0 unspecified atom stereocenters. The van der Waals surface area contributed by atoms with Gasteiger partial charge in [0.15, 0.2) is 0 Å². The summed E-state index contributed by atoms with van der Waals surface area (Å²) in [6.07, 6.45) is 9.53. The maximum atomic E-state index is 6.59. The maximum Gasteiger partial charge on any atom is 0.0420 e. The molecule has 0 atom stereocenters. The second-order valence-corrected chi connectivity index (χ2v) is 12.2. The van der Waals surface area contributed by atoms with E-state index < -0.39 is 0 Å². The zero-order chi connectivity index (χ0) is 28.9. The van der Waals surface area contributed by atoms with E-state index in [9.17, 15) is 0 Å². The Morgan fingerprint density at radius 2 is 1.44 bits per heavy atom. The minimum absolute atomic E-state index is 0.905. The average Bonchev–Trinajstić information content (AvgIpc) is 3.57. The lowest BCUT2D eigenvalue weighted by atomic mass is 9.93. The highest BCUT2D eigenvalue weighted by atomic mass is 14.6. The van der Waals surface area contributed by atoms with Crippen molar-refractivity contribution in [2.24, 2.45) is 0 Å². The van der Waals surface area contributed by atoms with Crippen molar-refractivity contribution in [3.8, 4) is 33.4 Å². The monoisotopic (exact) mass is 553 g/mol. The van der Waals surface area contributed by atoms with Crippen molar-refractivity contribution in [1.29, 1.82) is 0 Å². The normalized spacial score (nSPS) is 12.6. The number of hydrogen-bond acceptors (Lipinski definition) is 1. The fourth-order valence-electron chi connectivity index (χ4n) is 7.42. The first kappa shape index (κ1) is 25.8. The van der Waals surface area contributed by atoms with Crippen LogP contribution in [0, 0.1) is 6.92 Å². The number of hydrogen-bond donors (Lipinski definition) is 1. The van der Waals surface area contributed by atoms with Gasteiger partial charge in [0.1, 0.15) is 0 Å². The maximum absolute atomic E-state index is 6.59. The van der Waals surface area contributed by atoms with Crippen molar-refractivity contribution >= 4 is 22.5 Å². The molecule has 0 amide bonds. The van der Waals surface area contributed by atoms with Crippen LogP contribution in [0.3, 0.4) is 0 Å². The molecule has 0 aromatic heterocycles. The minimum atomic E-state index is 0.905. The number of benzene rings is 6. The molecular weight excluding hydrogens is 518 g/mol. The summed E-state index contributed by atoms with van der Waals surface area (Å²) in [5, 5.41) is 2.82. The van der Waals surface area contributed by atoms with Crippen LogP contribution in [0.5, 0.6) is 0 Å². The van der Waals surface area contributed by atoms with E-state index in [0.29, 0.717) is 0 Å². The van der Waals surface area contributed by atoms with E-state index in [-0.39, 0.29) is 0 Å². The Kier molecular flexibility index (Phi) is 6.26. The number of rotatable bonds is 7. The Balaban J connectivity index is 0.984. The van der Waals surface area contributed by atoms with E-state index in [1.165, 1.54) is 77.5 Å². The number of fused-ring (bicyclic) bond motifs is 7. The van der Waals surface area contributed by atoms with Gasteiger partial charge in [-0.2, -0.15) is 0 Å². The molecular formula is C42H35N. The van der Waals surface area contributed by atoms with Crippen molar-refractivity contribution in [3.05, 3.63) is 154 Å². The van der Waals surface area contributed by atoms with Gasteiger partial charge in [-0.1, -0.05) is 115 Å². The Morgan fingerprint density at radius 1 is 0.651 bits per heavy atom. The second-order valence-electron chi connectivity index (χ2n) is 12.2. The standard InChI is InChI=1S/C42H35N/c1-27-30(21-22-31(42(27)43)15-7-12-28-10-3-2-4-11-28)14-8-13-29-20-23-34-32(24-29)25-33-26-39-36-17-6-5-16-35(36)37-18-9-19-38(40(33)34)41(37)39/h2-7,9-11,15-24,26H,8,12-14,25,43H2,1H3/b15-7-. The van der Waals surface area contributed by atoms with Gasteiger partial charge in [-0.05, 0) is 128 Å². The molecule has 1 heteroatoms. The van der Waals surface area contributed by atoms with Gasteiger partial charge in [0.05, 0.1) is 0 Å². The summed E-state index contributed by atoms with van der Waals surface area (Å²) in [6, 6.07) is 40.4. The highest BCUT2D eigenvalue weighted by Gasteiger charge is 2.28. The highest BCUT2D eigenvalue weighted by molar-refractivity contribution is 6.20. The van der Waals surface area contributed by atoms with Crippen LogP contribution in [0.15, 0.2) is 115 Å². The molecule has 0 saturated carbocycles. The Hall–Kier alpha value is -4.88. The molecule has 2 aliphatic rings. The lowest BCUT2D eigenvalue weighted by Gasteiger charge is -2.12. The number of aryl methyl sites for hydroxylation is 2. The number of allylic oxidation sites excluding steroid dienone is 1. The fourth-order valence-corrected chi connectivity index (χ4v) is 7.42. The molecule has 0 aliphatic heterocycles. The quantitative estimate of drug-likeness (QED) is 0.195. The van der Waals surface area contributed by atoms with Gasteiger partial charge in [0.2, 0.25) is 0 Å². The van der Waals surface area contributed by atoms with E-state index in [1.54, 1.807) is 0 Å². The topological polar surface area (TPSA) is 26.0 Å². The smallest absolute Gasteiger partial charge is 0.0420 e. The predicted molar refractivity (Wildman–Crippen MR) is 183 cm³/mol. The summed E-state index contributed by atoms with van der Waals surface area (Å²) < 4.78 is 0. The highest BCUT2D eigenvalue weighted by Crippen LogP contribution is 2.52. The van der Waals surface area contributed by atoms with E-state index in [2.05, 4.69) is 128 Å². The number of anilines is 1. The molecule has 0 fully saturated rings. The molecule has 2 N–H and O–H groups in total. The molecule has 0 bridgehead atoms. The summed E-state index contributed by atoms with van der Waals surface area (Å²) in [4.78, 5) is 0. The van der Waals surface area contributed by atoms with Gasteiger partial charge in [-0.3, -0.25) is 0 Å². The molecule has 0 radical (unpaired) electrons. The number of nitrogen functional groups attached to an aromatic ring is 1. The molecule has 43 heavy (non-hydrogen) atoms. The van der Waals surface area contributed by atoms with E-state index in [0.717, 1.165) is 43.4 Å². The first-order valence-corrected chi connectivity index (χ1v) is 15.5. The second kappa shape index (κ2) is 10.4. The zero-order valence-corrected chi connectivity index (χ0v) is 24.7. The molecule has 1 nitrogen and oxygen atoms in total. The van der Waals surface area contributed by atoms with E-state index in [4.69, 9.17) is 5.73 Å². The van der Waals surface area contributed by atoms with Crippen LogP contribution >= 0.6 is 0 Å². The lowest BCUT2D eigenvalue weighted by molar-refractivity contribution is 0.815. The Bertz CT molecular complexity index is 2060. The van der Waals surface area contributed by atoms with Crippen LogP contribution in [-0.4, -0.2) is 0 Å². The molecule has 8 rings (SSSR count). The van der Waals surface area contributed by atoms with Gasteiger partial charge < -0.3 is 5.73 Å². The van der Waals surface area contributed by atoms with Crippen LogP contribution in [0.2, 0.25) is 0 Å². The summed E-state index contributed by atoms with van der Waals surface area (Å²) in [5.41, 5.74) is 25.2. The summed E-state index contributed by atoms with van der Waals surface area (Å²) >= 11 is 0. The van der Waals surface area contributed by atoms with Crippen LogP contribution < -0.4 is 5.73 Å². The SMILES string of the molecule is Cc1c(CCCc2ccc3c(c2)Cc2cc4c5c(cccc5c2-3)-c2ccccc2-4)ccc(/C=C\Cc2ccccc2)c1N. The Morgan fingerprint density at radius 3 is 2.30 bits per heavy atom. The third-order valence-electron chi connectivity index (χ3n) is 9.64. The summed E-state index contributed by atoms with van der Waals surface area (Å²) in [5.74, 6) is 0. The Labute approximate surface area is 254 Å². The van der Waals surface area contributed by atoms with Crippen LogP contribution in [-0.2, 0) is 25.7 Å². The molecule has 0 spiro atoms. The minimum Gasteiger partial charge on any atom is -0.398 e. The van der Waals surface area contributed by atoms with E-state index >= 15 is 0 Å². The lowest BCUT2D eigenvalue weighted by Crippen LogP contribution is -2.00. The third-order valence-corrected chi connectivity index (χ3v) is 9.64. The fraction of sp³-hybridized carbons (Fsp3) is 0.143. The van der Waals surface area contributed by atoms with E-state index in [1.807, 2.05) is 0 Å². The van der Waals surface area contributed by atoms with Crippen LogP contribution in [0.1, 0.15) is 45.4 Å². The third kappa shape index (κ3) is 4.39. The largest absolute Gasteiger partial charge is 0.398 e. The molecule has 2 aliphatic carbocycles. The van der Waals surface area contributed by atoms with Crippen LogP contribution in [0.25, 0.3) is 50.2 Å². The van der Waals surface area contributed by atoms with Gasteiger partial charge in [0.25, 0.3) is 0 Å². The van der Waals surface area contributed by atoms with Crippen molar-refractivity contribution in [2.45, 2.75) is 39.0 Å². The number of nitrogens with two attached hydrogens (primary N) is 1. The van der Waals surface area contributed by atoms with Crippen molar-refractivity contribution < 1.29 is 0 Å².